The molecule has 0 radical (unpaired) electrons. The highest BCUT2D eigenvalue weighted by atomic mass is 19.1. The summed E-state index contributed by atoms with van der Waals surface area (Å²) in [5.41, 5.74) is 5.50. The molecule has 21 heavy (non-hydrogen) atoms. The van der Waals surface area contributed by atoms with Crippen LogP contribution in [0, 0.1) is 11.7 Å². The summed E-state index contributed by atoms with van der Waals surface area (Å²) in [7, 11) is 0. The van der Waals surface area contributed by atoms with Crippen LogP contribution in [0.4, 0.5) is 10.2 Å². The molecule has 0 atom stereocenters. The molecule has 3 rings (SSSR count). The van der Waals surface area contributed by atoms with Gasteiger partial charge in [0.15, 0.2) is 0 Å². The molecule has 2 N–H and O–H groups in total. The number of piperidine rings is 1. The zero-order valence-corrected chi connectivity index (χ0v) is 12.0. The van der Waals surface area contributed by atoms with Crippen molar-refractivity contribution in [2.45, 2.75) is 12.8 Å². The molecule has 2 heterocycles. The number of allylic oxidation sites excluding steroid dienone is 1. The van der Waals surface area contributed by atoms with Crippen molar-refractivity contribution in [3.05, 3.63) is 48.4 Å². The van der Waals surface area contributed by atoms with Crippen LogP contribution < -0.4 is 10.6 Å². The van der Waals surface area contributed by atoms with Crippen molar-refractivity contribution in [1.82, 2.24) is 4.98 Å². The van der Waals surface area contributed by atoms with Gasteiger partial charge in [0.05, 0.1) is 0 Å². The number of rotatable bonds is 3. The van der Waals surface area contributed by atoms with E-state index in [1.54, 1.807) is 12.3 Å². The number of fused-ring (bicyclic) bond motifs is 1. The van der Waals surface area contributed by atoms with Crippen LogP contribution in [0.25, 0.3) is 10.8 Å². The number of pyridine rings is 1. The van der Waals surface area contributed by atoms with Gasteiger partial charge in [-0.25, -0.2) is 9.37 Å². The standard InChI is InChI=1S/C17H20FN3/c18-15-4-3-14-5-9-20-17(16(14)12-15)21-10-6-13(7-11-21)2-1-8-19/h1-5,9,12-13H,6-8,10-11,19H2/b2-1+. The predicted molar refractivity (Wildman–Crippen MR) is 84.8 cm³/mol. The fraction of sp³-hybridized carbons (Fsp3) is 0.353. The van der Waals surface area contributed by atoms with Gasteiger partial charge < -0.3 is 10.6 Å². The number of benzene rings is 1. The quantitative estimate of drug-likeness (QED) is 0.881. The van der Waals surface area contributed by atoms with E-state index in [0.29, 0.717) is 12.5 Å². The average Bonchev–Trinajstić information content (AvgIpc) is 2.53. The average molecular weight is 285 g/mol. The van der Waals surface area contributed by atoms with E-state index in [-0.39, 0.29) is 5.82 Å². The molecule has 1 aromatic carbocycles. The van der Waals surface area contributed by atoms with Crippen LogP contribution >= 0.6 is 0 Å². The van der Waals surface area contributed by atoms with Gasteiger partial charge in [-0.3, -0.25) is 0 Å². The zero-order chi connectivity index (χ0) is 14.7. The summed E-state index contributed by atoms with van der Waals surface area (Å²) in [4.78, 5) is 6.74. The maximum atomic E-state index is 13.5. The lowest BCUT2D eigenvalue weighted by Gasteiger charge is -2.32. The van der Waals surface area contributed by atoms with Gasteiger partial charge in [-0.1, -0.05) is 18.2 Å². The van der Waals surface area contributed by atoms with Crippen LogP contribution in [-0.2, 0) is 0 Å². The predicted octanol–water partition coefficient (Wildman–Crippen LogP) is 3.11. The van der Waals surface area contributed by atoms with Gasteiger partial charge in [-0.15, -0.1) is 0 Å². The number of nitrogens with zero attached hydrogens (tertiary/aromatic N) is 2. The molecule has 110 valence electrons. The van der Waals surface area contributed by atoms with E-state index in [2.05, 4.69) is 16.0 Å². The van der Waals surface area contributed by atoms with Crippen molar-refractivity contribution >= 4 is 16.6 Å². The first-order valence-corrected chi connectivity index (χ1v) is 7.44. The summed E-state index contributed by atoms with van der Waals surface area (Å²) in [5.74, 6) is 1.28. The van der Waals surface area contributed by atoms with Crippen molar-refractivity contribution in [3.63, 3.8) is 0 Å². The number of hydrogen-bond acceptors (Lipinski definition) is 3. The fourth-order valence-corrected chi connectivity index (χ4v) is 2.95. The number of halogens is 1. The molecular weight excluding hydrogens is 265 g/mol. The Morgan fingerprint density at radius 1 is 1.29 bits per heavy atom. The largest absolute Gasteiger partial charge is 0.356 e. The highest BCUT2D eigenvalue weighted by Gasteiger charge is 2.19. The third kappa shape index (κ3) is 3.05. The number of hydrogen-bond donors (Lipinski definition) is 1. The number of aromatic nitrogens is 1. The molecule has 1 saturated heterocycles. The summed E-state index contributed by atoms with van der Waals surface area (Å²) in [5, 5.41) is 1.93. The molecular formula is C17H20FN3. The summed E-state index contributed by atoms with van der Waals surface area (Å²) >= 11 is 0. The molecule has 0 saturated carbocycles. The Labute approximate surface area is 124 Å². The maximum Gasteiger partial charge on any atom is 0.136 e. The van der Waals surface area contributed by atoms with Crippen LogP contribution in [-0.4, -0.2) is 24.6 Å². The molecule has 0 bridgehead atoms. The summed E-state index contributed by atoms with van der Waals surface area (Å²) in [6.07, 6.45) is 8.23. The Kier molecular flexibility index (Phi) is 4.15. The highest BCUT2D eigenvalue weighted by molar-refractivity contribution is 5.92. The second-order valence-corrected chi connectivity index (χ2v) is 5.49. The lowest BCUT2D eigenvalue weighted by molar-refractivity contribution is 0.476. The minimum atomic E-state index is -0.211. The van der Waals surface area contributed by atoms with E-state index in [9.17, 15) is 4.39 Å². The SMILES string of the molecule is NC/C=C/C1CCN(c2nccc3ccc(F)cc23)CC1. The van der Waals surface area contributed by atoms with E-state index in [1.807, 2.05) is 18.2 Å². The van der Waals surface area contributed by atoms with Crippen LogP contribution in [0.1, 0.15) is 12.8 Å². The molecule has 0 amide bonds. The van der Waals surface area contributed by atoms with Gasteiger partial charge in [-0.05, 0) is 42.3 Å². The smallest absolute Gasteiger partial charge is 0.136 e. The Balaban J connectivity index is 1.82. The van der Waals surface area contributed by atoms with Gasteiger partial charge >= 0.3 is 0 Å². The van der Waals surface area contributed by atoms with E-state index in [0.717, 1.165) is 42.5 Å². The minimum absolute atomic E-state index is 0.211. The summed E-state index contributed by atoms with van der Waals surface area (Å²) in [6, 6.07) is 6.82. The van der Waals surface area contributed by atoms with Crippen LogP contribution in [0.5, 0.6) is 0 Å². The summed E-state index contributed by atoms with van der Waals surface area (Å²) < 4.78 is 13.5. The normalized spacial score (nSPS) is 17.0. The third-order valence-corrected chi connectivity index (χ3v) is 4.09. The van der Waals surface area contributed by atoms with Crippen molar-refractivity contribution in [3.8, 4) is 0 Å². The Bertz CT molecular complexity index is 646. The number of nitrogens with two attached hydrogens (primary N) is 1. The van der Waals surface area contributed by atoms with Gasteiger partial charge in [0, 0.05) is 31.2 Å². The van der Waals surface area contributed by atoms with Crippen molar-refractivity contribution < 1.29 is 4.39 Å². The molecule has 1 aromatic heterocycles. The van der Waals surface area contributed by atoms with Crippen molar-refractivity contribution in [2.24, 2.45) is 11.7 Å². The van der Waals surface area contributed by atoms with E-state index in [1.165, 1.54) is 6.07 Å². The van der Waals surface area contributed by atoms with Crippen molar-refractivity contribution in [2.75, 3.05) is 24.5 Å². The lowest BCUT2D eigenvalue weighted by Crippen LogP contribution is -2.33. The Morgan fingerprint density at radius 3 is 2.86 bits per heavy atom. The second kappa shape index (κ2) is 6.22. The monoisotopic (exact) mass is 285 g/mol. The van der Waals surface area contributed by atoms with Crippen LogP contribution in [0.2, 0.25) is 0 Å². The molecule has 1 aliphatic rings. The highest BCUT2D eigenvalue weighted by Crippen LogP contribution is 2.29. The number of anilines is 1. The fourth-order valence-electron chi connectivity index (χ4n) is 2.95. The van der Waals surface area contributed by atoms with Crippen LogP contribution in [0.15, 0.2) is 42.6 Å². The van der Waals surface area contributed by atoms with E-state index >= 15 is 0 Å². The molecule has 0 spiro atoms. The van der Waals surface area contributed by atoms with Gasteiger partial charge in [0.1, 0.15) is 11.6 Å². The Morgan fingerprint density at radius 2 is 2.10 bits per heavy atom. The first kappa shape index (κ1) is 14.0. The first-order valence-electron chi connectivity index (χ1n) is 7.44. The van der Waals surface area contributed by atoms with Crippen LogP contribution in [0.3, 0.4) is 0 Å². The molecule has 4 heteroatoms. The molecule has 1 fully saturated rings. The first-order chi connectivity index (χ1) is 10.3. The summed E-state index contributed by atoms with van der Waals surface area (Å²) in [6.45, 7) is 2.49. The lowest BCUT2D eigenvalue weighted by atomic mass is 9.96. The molecule has 1 aliphatic heterocycles. The van der Waals surface area contributed by atoms with E-state index in [4.69, 9.17) is 5.73 Å². The van der Waals surface area contributed by atoms with Gasteiger partial charge in [0.2, 0.25) is 0 Å². The third-order valence-electron chi connectivity index (χ3n) is 4.09. The van der Waals surface area contributed by atoms with Gasteiger partial charge in [-0.2, -0.15) is 0 Å². The Hall–Kier alpha value is -1.94. The molecule has 2 aromatic rings. The van der Waals surface area contributed by atoms with E-state index < -0.39 is 0 Å². The zero-order valence-electron chi connectivity index (χ0n) is 12.0. The van der Waals surface area contributed by atoms with Gasteiger partial charge in [0.25, 0.3) is 0 Å². The molecule has 0 unspecified atom stereocenters. The second-order valence-electron chi connectivity index (χ2n) is 5.49. The molecule has 0 aliphatic carbocycles. The van der Waals surface area contributed by atoms with Crippen molar-refractivity contribution in [1.29, 1.82) is 0 Å². The minimum Gasteiger partial charge on any atom is -0.356 e. The topological polar surface area (TPSA) is 42.1 Å². The maximum absolute atomic E-state index is 13.5. The molecule has 3 nitrogen and oxygen atoms in total.